The molecule has 2 aliphatic carbocycles. The van der Waals surface area contributed by atoms with Crippen molar-refractivity contribution in [3.05, 3.63) is 89.0 Å². The maximum Gasteiger partial charge on any atom is 0.303 e. The number of aliphatic carboxylic acids is 1. The third-order valence-corrected chi connectivity index (χ3v) is 8.91. The highest BCUT2D eigenvalue weighted by molar-refractivity contribution is 5.70. The van der Waals surface area contributed by atoms with Crippen LogP contribution in [0.5, 0.6) is 5.75 Å². The Balaban J connectivity index is 1.42. The molecule has 0 spiro atoms. The third-order valence-electron chi connectivity index (χ3n) is 8.91. The van der Waals surface area contributed by atoms with Crippen molar-refractivity contribution in [1.29, 1.82) is 0 Å². The lowest BCUT2D eigenvalue weighted by molar-refractivity contribution is -0.137. The van der Waals surface area contributed by atoms with Gasteiger partial charge >= 0.3 is 5.97 Å². The van der Waals surface area contributed by atoms with Gasteiger partial charge in [-0.05, 0) is 114 Å². The van der Waals surface area contributed by atoms with Crippen molar-refractivity contribution in [3.63, 3.8) is 0 Å². The van der Waals surface area contributed by atoms with Crippen LogP contribution < -0.4 is 4.74 Å². The van der Waals surface area contributed by atoms with Crippen LogP contribution in [0.25, 0.3) is 11.1 Å². The van der Waals surface area contributed by atoms with Crippen LogP contribution in [-0.4, -0.2) is 16.2 Å². The molecule has 0 radical (unpaired) electrons. The first kappa shape index (κ1) is 27.5. The topological polar surface area (TPSA) is 66.8 Å². The molecule has 39 heavy (non-hydrogen) atoms. The minimum Gasteiger partial charge on any atom is -0.489 e. The largest absolute Gasteiger partial charge is 0.489 e. The lowest BCUT2D eigenvalue weighted by Crippen LogP contribution is -2.17. The molecule has 0 heterocycles. The van der Waals surface area contributed by atoms with E-state index in [1.807, 2.05) is 50.2 Å². The average Bonchev–Trinajstić information content (AvgIpc) is 3.67. The lowest BCUT2D eigenvalue weighted by Gasteiger charge is -2.30. The molecule has 2 fully saturated rings. The Morgan fingerprint density at radius 1 is 1.03 bits per heavy atom. The van der Waals surface area contributed by atoms with Gasteiger partial charge in [0.05, 0.1) is 12.0 Å². The van der Waals surface area contributed by atoms with E-state index in [0.29, 0.717) is 18.4 Å². The van der Waals surface area contributed by atoms with Gasteiger partial charge in [0.2, 0.25) is 0 Å². The zero-order valence-electron chi connectivity index (χ0n) is 23.7. The number of carboxylic acids is 1. The zero-order valence-corrected chi connectivity index (χ0v) is 23.7. The Morgan fingerprint density at radius 2 is 1.79 bits per heavy atom. The summed E-state index contributed by atoms with van der Waals surface area (Å²) in [4.78, 5) is 11.5. The maximum atomic E-state index is 11.5. The second-order valence-corrected chi connectivity index (χ2v) is 12.9. The molecule has 0 aromatic heterocycles. The Bertz CT molecular complexity index is 1330. The van der Waals surface area contributed by atoms with E-state index in [1.54, 1.807) is 0 Å². The predicted molar refractivity (Wildman–Crippen MR) is 156 cm³/mol. The van der Waals surface area contributed by atoms with Gasteiger partial charge in [0, 0.05) is 0 Å². The normalized spacial score (nSPS) is 19.6. The SMILES string of the molecule is CC(C)(O)c1cccc(-c2ccc(COc3cccc([C@H](CC(=O)O)C4CC4)c3)cc2[C@@H]2CCCC2(C)C)c1. The number of carbonyl (C=O) groups is 1. The summed E-state index contributed by atoms with van der Waals surface area (Å²) < 4.78 is 6.29. The molecule has 4 nitrogen and oxygen atoms in total. The third kappa shape index (κ3) is 6.38. The van der Waals surface area contributed by atoms with Gasteiger partial charge in [0.1, 0.15) is 12.4 Å². The molecule has 0 aliphatic heterocycles. The lowest BCUT2D eigenvalue weighted by atomic mass is 9.75. The van der Waals surface area contributed by atoms with Gasteiger partial charge in [-0.25, -0.2) is 0 Å². The number of rotatable bonds is 10. The van der Waals surface area contributed by atoms with Gasteiger partial charge in [-0.3, -0.25) is 4.79 Å². The number of benzene rings is 3. The minimum atomic E-state index is -0.895. The van der Waals surface area contributed by atoms with Crippen LogP contribution >= 0.6 is 0 Å². The summed E-state index contributed by atoms with van der Waals surface area (Å²) in [6.07, 6.45) is 6.00. The average molecular weight is 527 g/mol. The molecule has 2 aliphatic rings. The number of hydrogen-bond acceptors (Lipinski definition) is 3. The van der Waals surface area contributed by atoms with Crippen LogP contribution in [0, 0.1) is 11.3 Å². The van der Waals surface area contributed by atoms with E-state index in [-0.39, 0.29) is 17.8 Å². The molecule has 4 heteroatoms. The first-order valence-electron chi connectivity index (χ1n) is 14.4. The zero-order chi connectivity index (χ0) is 27.8. The molecule has 2 atom stereocenters. The highest BCUT2D eigenvalue weighted by Gasteiger charge is 2.37. The second-order valence-electron chi connectivity index (χ2n) is 12.9. The van der Waals surface area contributed by atoms with E-state index in [1.165, 1.54) is 30.4 Å². The fraction of sp³-hybridized carbons (Fsp3) is 0.457. The van der Waals surface area contributed by atoms with E-state index in [9.17, 15) is 15.0 Å². The Kier molecular flexibility index (Phi) is 7.61. The molecule has 2 saturated carbocycles. The molecule has 3 aromatic carbocycles. The molecule has 3 aromatic rings. The fourth-order valence-corrected chi connectivity index (χ4v) is 6.47. The summed E-state index contributed by atoms with van der Waals surface area (Å²) in [5, 5.41) is 20.0. The highest BCUT2D eigenvalue weighted by Crippen LogP contribution is 2.51. The van der Waals surface area contributed by atoms with Crippen LogP contribution in [-0.2, 0) is 17.0 Å². The standard InChI is InChI=1S/C35H42O4/c1-34(2)17-7-12-32(34)31-18-23(13-16-29(31)25-8-5-10-27(19-25)35(3,4)38)22-39-28-11-6-9-26(20-28)30(21-33(36)37)24-14-15-24/h5-6,8-11,13,16,18-20,24,30,32,38H,7,12,14-15,17,21-22H2,1-4H3,(H,36,37)/t30-,32+/m1/s1. The van der Waals surface area contributed by atoms with Gasteiger partial charge in [-0.2, -0.15) is 0 Å². The number of carboxylic acid groups (broad SMARTS) is 1. The van der Waals surface area contributed by atoms with Crippen LogP contribution in [0.3, 0.4) is 0 Å². The fourth-order valence-electron chi connectivity index (χ4n) is 6.47. The Hall–Kier alpha value is -3.11. The van der Waals surface area contributed by atoms with Crippen molar-refractivity contribution in [3.8, 4) is 16.9 Å². The van der Waals surface area contributed by atoms with Crippen molar-refractivity contribution in [2.24, 2.45) is 11.3 Å². The summed E-state index contributed by atoms with van der Waals surface area (Å²) in [5.41, 5.74) is 6.15. The van der Waals surface area contributed by atoms with Crippen molar-refractivity contribution in [1.82, 2.24) is 0 Å². The molecule has 0 amide bonds. The van der Waals surface area contributed by atoms with Crippen molar-refractivity contribution < 1.29 is 19.7 Å². The van der Waals surface area contributed by atoms with Crippen LogP contribution in [0.4, 0.5) is 0 Å². The van der Waals surface area contributed by atoms with Gasteiger partial charge in [0.15, 0.2) is 0 Å². The van der Waals surface area contributed by atoms with E-state index in [2.05, 4.69) is 44.2 Å². The smallest absolute Gasteiger partial charge is 0.303 e. The second kappa shape index (κ2) is 10.8. The van der Waals surface area contributed by atoms with Crippen LogP contribution in [0.2, 0.25) is 0 Å². The molecule has 0 bridgehead atoms. The monoisotopic (exact) mass is 526 g/mol. The molecular formula is C35H42O4. The summed E-state index contributed by atoms with van der Waals surface area (Å²) in [7, 11) is 0. The van der Waals surface area contributed by atoms with Crippen molar-refractivity contribution >= 4 is 5.97 Å². The van der Waals surface area contributed by atoms with E-state index >= 15 is 0 Å². The van der Waals surface area contributed by atoms with Crippen molar-refractivity contribution in [2.45, 2.75) is 90.3 Å². The molecule has 5 rings (SSSR count). The van der Waals surface area contributed by atoms with Gasteiger partial charge < -0.3 is 14.9 Å². The summed E-state index contributed by atoms with van der Waals surface area (Å²) >= 11 is 0. The number of ether oxygens (including phenoxy) is 1. The molecule has 206 valence electrons. The summed E-state index contributed by atoms with van der Waals surface area (Å²) in [5.74, 6) is 1.02. The summed E-state index contributed by atoms with van der Waals surface area (Å²) in [6.45, 7) is 8.88. The Labute approximate surface area is 233 Å². The van der Waals surface area contributed by atoms with Crippen LogP contribution in [0.15, 0.2) is 66.7 Å². The van der Waals surface area contributed by atoms with Crippen molar-refractivity contribution in [2.75, 3.05) is 0 Å². The molecule has 2 N–H and O–H groups in total. The number of aliphatic hydroxyl groups is 1. The minimum absolute atomic E-state index is 0.0567. The van der Waals surface area contributed by atoms with E-state index in [0.717, 1.165) is 40.8 Å². The molecular weight excluding hydrogens is 484 g/mol. The summed E-state index contributed by atoms with van der Waals surface area (Å²) in [6, 6.07) is 23.0. The molecule has 0 saturated heterocycles. The van der Waals surface area contributed by atoms with Gasteiger partial charge in [-0.1, -0.05) is 68.8 Å². The first-order chi connectivity index (χ1) is 18.5. The van der Waals surface area contributed by atoms with Crippen LogP contribution in [0.1, 0.15) is 100 Å². The van der Waals surface area contributed by atoms with E-state index < -0.39 is 11.6 Å². The quantitative estimate of drug-likeness (QED) is 0.278. The van der Waals surface area contributed by atoms with E-state index in [4.69, 9.17) is 4.74 Å². The maximum absolute atomic E-state index is 11.5. The number of hydrogen-bond donors (Lipinski definition) is 2. The van der Waals surface area contributed by atoms with Gasteiger partial charge in [-0.15, -0.1) is 0 Å². The highest BCUT2D eigenvalue weighted by atomic mass is 16.5. The Morgan fingerprint density at radius 3 is 2.46 bits per heavy atom. The molecule has 0 unspecified atom stereocenters. The predicted octanol–water partition coefficient (Wildman–Crippen LogP) is 8.42. The van der Waals surface area contributed by atoms with Gasteiger partial charge in [0.25, 0.3) is 0 Å². The first-order valence-corrected chi connectivity index (χ1v) is 14.4.